The van der Waals surface area contributed by atoms with Gasteiger partial charge in [-0.25, -0.2) is 14.8 Å². The zero-order chi connectivity index (χ0) is 35.4. The molecule has 0 bridgehead atoms. The van der Waals surface area contributed by atoms with E-state index in [1.807, 2.05) is 78.9 Å². The number of nitrogens with one attached hydrogen (secondary N) is 1. The topological polar surface area (TPSA) is 105 Å². The molecule has 2 aliphatic rings. The first kappa shape index (κ1) is 34.0. The molecule has 10 nitrogen and oxygen atoms in total. The summed E-state index contributed by atoms with van der Waals surface area (Å²) in [7, 11) is 4.30. The van der Waals surface area contributed by atoms with Gasteiger partial charge in [0.15, 0.2) is 0 Å². The third kappa shape index (κ3) is 7.82. The number of aromatic nitrogens is 2. The summed E-state index contributed by atoms with van der Waals surface area (Å²) in [6.07, 6.45) is 1.51. The second kappa shape index (κ2) is 14.8. The van der Waals surface area contributed by atoms with Gasteiger partial charge in [0.1, 0.15) is 18.3 Å². The Morgan fingerprint density at radius 2 is 1.33 bits per heavy atom. The molecule has 3 amide bonds. The quantitative estimate of drug-likeness (QED) is 0.121. The zero-order valence-electron chi connectivity index (χ0n) is 29.1. The number of nitrogens with zero attached hydrogens (tertiary/aromatic N) is 5. The van der Waals surface area contributed by atoms with Crippen molar-refractivity contribution < 1.29 is 23.6 Å². The van der Waals surface area contributed by atoms with Gasteiger partial charge in [-0.2, -0.15) is 0 Å². The second-order valence-electron chi connectivity index (χ2n) is 14.0. The molecular weight excluding hydrogens is 640 g/mol. The van der Waals surface area contributed by atoms with E-state index in [-0.39, 0.29) is 17.9 Å². The standard InChI is InChI=1S/C41H42N6O4/c1-47(2,26-12-23-46-39(48)32-16-6-7-17-33(32)40(46)49)28-38-37(42-35-19-10-11-20-36(35)43-38)27-45-24-21-30(22-25-45)51-41(50)44-34-18-9-8-15-31(34)29-13-4-3-5-14-29/h3-11,13-20,30H,12,21-28H2,1-2H3/p+1. The van der Waals surface area contributed by atoms with Crippen molar-refractivity contribution in [3.05, 3.63) is 126 Å². The smallest absolute Gasteiger partial charge is 0.411 e. The largest absolute Gasteiger partial charge is 0.446 e. The molecule has 0 unspecified atom stereocenters. The number of para-hydroxylation sites is 3. The Balaban J connectivity index is 0.956. The lowest BCUT2D eigenvalue weighted by atomic mass is 10.0. The summed E-state index contributed by atoms with van der Waals surface area (Å²) in [6, 6.07) is 32.7. The average molecular weight is 684 g/mol. The van der Waals surface area contributed by atoms with Crippen molar-refractivity contribution in [2.75, 3.05) is 45.6 Å². The van der Waals surface area contributed by atoms with Crippen LogP contribution in [0.1, 0.15) is 51.4 Å². The number of hydrogen-bond acceptors (Lipinski definition) is 7. The number of amides is 3. The fourth-order valence-corrected chi connectivity index (χ4v) is 7.06. The van der Waals surface area contributed by atoms with Gasteiger partial charge in [0.25, 0.3) is 11.8 Å². The van der Waals surface area contributed by atoms with Gasteiger partial charge in [0, 0.05) is 38.2 Å². The summed E-state index contributed by atoms with van der Waals surface area (Å²) in [5, 5.41) is 2.96. The first-order valence-electron chi connectivity index (χ1n) is 17.6. The van der Waals surface area contributed by atoms with Crippen LogP contribution in [0.2, 0.25) is 0 Å². The summed E-state index contributed by atoms with van der Waals surface area (Å²) in [5.41, 5.74) is 7.25. The van der Waals surface area contributed by atoms with Crippen molar-refractivity contribution in [1.82, 2.24) is 19.8 Å². The van der Waals surface area contributed by atoms with Crippen LogP contribution in [0.25, 0.3) is 22.2 Å². The predicted molar refractivity (Wildman–Crippen MR) is 197 cm³/mol. The van der Waals surface area contributed by atoms with Crippen molar-refractivity contribution >= 4 is 34.6 Å². The highest BCUT2D eigenvalue weighted by Crippen LogP contribution is 2.29. The van der Waals surface area contributed by atoms with Crippen LogP contribution in [0.5, 0.6) is 0 Å². The van der Waals surface area contributed by atoms with E-state index in [4.69, 9.17) is 14.7 Å². The van der Waals surface area contributed by atoms with Crippen LogP contribution in [0, 0.1) is 0 Å². The molecule has 0 saturated carbocycles. The number of anilines is 1. The number of likely N-dealkylation sites (tertiary alicyclic amines) is 1. The molecule has 1 N–H and O–H groups in total. The molecule has 1 aromatic heterocycles. The maximum Gasteiger partial charge on any atom is 0.411 e. The number of ether oxygens (including phenoxy) is 1. The first-order chi connectivity index (χ1) is 24.7. The first-order valence-corrected chi connectivity index (χ1v) is 17.6. The van der Waals surface area contributed by atoms with Crippen LogP contribution in [0.3, 0.4) is 0 Å². The minimum absolute atomic E-state index is 0.176. The maximum absolute atomic E-state index is 13.0. The molecule has 260 valence electrons. The molecule has 1 saturated heterocycles. The van der Waals surface area contributed by atoms with Crippen LogP contribution in [-0.4, -0.2) is 88.5 Å². The number of imide groups is 1. The summed E-state index contributed by atoms with van der Waals surface area (Å²) in [4.78, 5) is 52.6. The number of carbonyl (C=O) groups is 3. The van der Waals surface area contributed by atoms with Gasteiger partial charge in [0.2, 0.25) is 0 Å². The molecule has 0 aliphatic carbocycles. The third-order valence-electron chi connectivity index (χ3n) is 9.76. The van der Waals surface area contributed by atoms with Gasteiger partial charge in [-0.15, -0.1) is 0 Å². The third-order valence-corrected chi connectivity index (χ3v) is 9.76. The lowest BCUT2D eigenvalue weighted by Gasteiger charge is -2.33. The van der Waals surface area contributed by atoms with Gasteiger partial charge >= 0.3 is 6.09 Å². The van der Waals surface area contributed by atoms with E-state index >= 15 is 0 Å². The lowest BCUT2D eigenvalue weighted by Crippen LogP contribution is -2.43. The van der Waals surface area contributed by atoms with Gasteiger partial charge in [-0.3, -0.25) is 24.7 Å². The molecule has 0 atom stereocenters. The van der Waals surface area contributed by atoms with Crippen molar-refractivity contribution in [2.45, 2.75) is 38.5 Å². The van der Waals surface area contributed by atoms with Crippen LogP contribution >= 0.6 is 0 Å². The maximum atomic E-state index is 13.0. The molecule has 51 heavy (non-hydrogen) atoms. The minimum Gasteiger partial charge on any atom is -0.446 e. The van der Waals surface area contributed by atoms with Gasteiger partial charge in [-0.1, -0.05) is 72.8 Å². The molecular formula is C41H43N6O4+. The number of fused-ring (bicyclic) bond motifs is 2. The SMILES string of the molecule is C[N+](C)(CCCN1C(=O)c2ccccc2C1=O)Cc1nc2ccccc2nc1CN1CCC(OC(=O)Nc2ccccc2-c2ccccc2)CC1. The number of benzene rings is 4. The van der Waals surface area contributed by atoms with E-state index in [1.165, 1.54) is 4.90 Å². The molecule has 5 aromatic rings. The van der Waals surface area contributed by atoms with Crippen LogP contribution in [0.15, 0.2) is 103 Å². The Labute approximate surface area is 298 Å². The monoisotopic (exact) mass is 683 g/mol. The number of hydrogen-bond donors (Lipinski definition) is 1. The van der Waals surface area contributed by atoms with Crippen LogP contribution in [-0.2, 0) is 17.8 Å². The normalized spacial score (nSPS) is 15.3. The highest BCUT2D eigenvalue weighted by atomic mass is 16.6. The molecule has 7 rings (SSSR count). The molecule has 3 heterocycles. The Kier molecular flexibility index (Phi) is 9.87. The number of rotatable bonds is 11. The van der Waals surface area contributed by atoms with E-state index in [0.717, 1.165) is 71.7 Å². The van der Waals surface area contributed by atoms with Crippen molar-refractivity contribution in [1.29, 1.82) is 0 Å². The molecule has 10 heteroatoms. The molecule has 0 spiro atoms. The fraction of sp³-hybridized carbons (Fsp3) is 0.293. The Bertz CT molecular complexity index is 2020. The van der Waals surface area contributed by atoms with Gasteiger partial charge in [0.05, 0.1) is 54.2 Å². The van der Waals surface area contributed by atoms with E-state index in [9.17, 15) is 14.4 Å². The summed E-state index contributed by atoms with van der Waals surface area (Å²) < 4.78 is 6.51. The van der Waals surface area contributed by atoms with E-state index in [0.29, 0.717) is 41.7 Å². The second-order valence-corrected chi connectivity index (χ2v) is 14.0. The van der Waals surface area contributed by atoms with E-state index < -0.39 is 6.09 Å². The summed E-state index contributed by atoms with van der Waals surface area (Å²) in [5.74, 6) is -0.432. The molecule has 0 radical (unpaired) electrons. The highest BCUT2D eigenvalue weighted by molar-refractivity contribution is 6.21. The summed E-state index contributed by atoms with van der Waals surface area (Å²) in [6.45, 7) is 3.96. The van der Waals surface area contributed by atoms with Crippen molar-refractivity contribution in [3.63, 3.8) is 0 Å². The highest BCUT2D eigenvalue weighted by Gasteiger charge is 2.35. The molecule has 4 aromatic carbocycles. The molecule has 1 fully saturated rings. The number of quaternary nitrogens is 1. The van der Waals surface area contributed by atoms with Crippen molar-refractivity contribution in [3.8, 4) is 11.1 Å². The Morgan fingerprint density at radius 1 is 0.765 bits per heavy atom. The average Bonchev–Trinajstić information content (AvgIpc) is 3.38. The zero-order valence-corrected chi connectivity index (χ0v) is 29.1. The van der Waals surface area contributed by atoms with Crippen LogP contribution < -0.4 is 5.32 Å². The van der Waals surface area contributed by atoms with Crippen molar-refractivity contribution in [2.24, 2.45) is 0 Å². The Morgan fingerprint density at radius 3 is 2.00 bits per heavy atom. The minimum atomic E-state index is -0.442. The summed E-state index contributed by atoms with van der Waals surface area (Å²) >= 11 is 0. The van der Waals surface area contributed by atoms with E-state index in [2.05, 4.69) is 24.3 Å². The number of piperidine rings is 1. The van der Waals surface area contributed by atoms with Crippen LogP contribution in [0.4, 0.5) is 10.5 Å². The van der Waals surface area contributed by atoms with Gasteiger partial charge < -0.3 is 9.22 Å². The fourth-order valence-electron chi connectivity index (χ4n) is 7.06. The van der Waals surface area contributed by atoms with E-state index in [1.54, 1.807) is 24.3 Å². The Hall–Kier alpha value is -5.45. The molecule has 2 aliphatic heterocycles. The number of carbonyl (C=O) groups excluding carboxylic acids is 3. The predicted octanol–water partition coefficient (Wildman–Crippen LogP) is 6.77. The van der Waals surface area contributed by atoms with Gasteiger partial charge in [-0.05, 0) is 48.7 Å². The lowest BCUT2D eigenvalue weighted by molar-refractivity contribution is -0.904.